The molecule has 0 saturated carbocycles. The Balaban J connectivity index is 1.50. The third-order valence-corrected chi connectivity index (χ3v) is 9.51. The van der Waals surface area contributed by atoms with Crippen LogP contribution in [0.15, 0.2) is 111 Å². The first-order chi connectivity index (χ1) is 21.0. The summed E-state index contributed by atoms with van der Waals surface area (Å²) >= 11 is 12.5. The fraction of sp³-hybridized carbons (Fsp3) is 0.152. The van der Waals surface area contributed by atoms with Gasteiger partial charge in [0, 0.05) is 34.1 Å². The number of Topliss-reactive ketones (excluding diaryl/α,β-unsaturated/α-hetero) is 1. The summed E-state index contributed by atoms with van der Waals surface area (Å²) in [5.41, 5.74) is 2.68. The Hall–Kier alpha value is -4.15. The van der Waals surface area contributed by atoms with Crippen LogP contribution in [0.25, 0.3) is 6.08 Å². The van der Waals surface area contributed by atoms with Gasteiger partial charge in [-0.05, 0) is 67.9 Å². The molecule has 8 nitrogen and oxygen atoms in total. The maximum absolute atomic E-state index is 13.8. The van der Waals surface area contributed by atoms with Gasteiger partial charge in [-0.25, -0.2) is 13.2 Å². The Kier molecular flexibility index (Phi) is 9.12. The first kappa shape index (κ1) is 31.3. The molecule has 1 aliphatic rings. The van der Waals surface area contributed by atoms with Crippen molar-refractivity contribution in [2.24, 2.45) is 0 Å². The Morgan fingerprint density at radius 3 is 2.32 bits per heavy atom. The first-order valence-corrected chi connectivity index (χ1v) is 15.7. The zero-order valence-electron chi connectivity index (χ0n) is 24.1. The number of anilines is 1. The molecular formula is C33H28Cl2N2O6S. The number of methoxy groups -OCH3 is 1. The van der Waals surface area contributed by atoms with E-state index < -0.39 is 21.8 Å². The largest absolute Gasteiger partial charge is 0.465 e. The lowest BCUT2D eigenvalue weighted by molar-refractivity contribution is -0.137. The third kappa shape index (κ3) is 6.37. The fourth-order valence-corrected chi connectivity index (χ4v) is 6.71. The second-order valence-electron chi connectivity index (χ2n) is 10.1. The molecule has 1 aliphatic heterocycles. The van der Waals surface area contributed by atoms with Crippen LogP contribution in [0.1, 0.15) is 29.6 Å². The van der Waals surface area contributed by atoms with Crippen LogP contribution in [0.5, 0.6) is 0 Å². The summed E-state index contributed by atoms with van der Waals surface area (Å²) in [6.45, 7) is 3.37. The predicted octanol–water partition coefficient (Wildman–Crippen LogP) is 7.16. The lowest BCUT2D eigenvalue weighted by Crippen LogP contribution is -2.30. The van der Waals surface area contributed by atoms with E-state index in [0.717, 1.165) is 5.56 Å². The minimum absolute atomic E-state index is 0.0464. The van der Waals surface area contributed by atoms with Crippen LogP contribution >= 0.6 is 23.2 Å². The molecule has 0 bridgehead atoms. The average molecular weight is 652 g/mol. The highest BCUT2D eigenvalue weighted by molar-refractivity contribution is 7.89. The Bertz CT molecular complexity index is 1900. The second-order valence-corrected chi connectivity index (χ2v) is 12.9. The second kappa shape index (κ2) is 12.8. The Morgan fingerprint density at radius 2 is 1.66 bits per heavy atom. The number of carbonyl (C=O) groups is 2. The molecule has 0 amide bonds. The number of furan rings is 1. The SMILES string of the molecule is COC(=O)C1=C(C)N(c2ccccc2)/C(=C/c2ccc(CN(Cc3ccc(Cl)cc3Cl)S(=O)(=O)c3ccc(C)cc3)o2)C1=O. The van der Waals surface area contributed by atoms with Gasteiger partial charge < -0.3 is 14.1 Å². The normalized spacial score (nSPS) is 14.6. The molecule has 0 spiro atoms. The van der Waals surface area contributed by atoms with E-state index >= 15 is 0 Å². The van der Waals surface area contributed by atoms with Crippen LogP contribution in [0, 0.1) is 6.92 Å². The van der Waals surface area contributed by atoms with Crippen molar-refractivity contribution in [1.82, 2.24) is 4.31 Å². The van der Waals surface area contributed by atoms with Crippen LogP contribution < -0.4 is 4.90 Å². The zero-order chi connectivity index (χ0) is 31.6. The monoisotopic (exact) mass is 650 g/mol. The lowest BCUT2D eigenvalue weighted by atomic mass is 10.1. The number of halogens is 2. The van der Waals surface area contributed by atoms with Crippen LogP contribution in [0.3, 0.4) is 0 Å². The van der Waals surface area contributed by atoms with Gasteiger partial charge in [-0.1, -0.05) is 65.2 Å². The van der Waals surface area contributed by atoms with E-state index in [9.17, 15) is 18.0 Å². The topological polar surface area (TPSA) is 97.1 Å². The van der Waals surface area contributed by atoms with E-state index in [2.05, 4.69) is 0 Å². The van der Waals surface area contributed by atoms with Gasteiger partial charge in [-0.3, -0.25) is 4.79 Å². The number of hydrogen-bond acceptors (Lipinski definition) is 7. The van der Waals surface area contributed by atoms with Gasteiger partial charge in [0.25, 0.3) is 0 Å². The highest BCUT2D eigenvalue weighted by atomic mass is 35.5. The van der Waals surface area contributed by atoms with Crippen LogP contribution in [0.4, 0.5) is 5.69 Å². The van der Waals surface area contributed by atoms with Crippen LogP contribution in [-0.4, -0.2) is 31.6 Å². The smallest absolute Gasteiger partial charge is 0.343 e. The highest BCUT2D eigenvalue weighted by Crippen LogP contribution is 2.36. The van der Waals surface area contributed by atoms with Crippen molar-refractivity contribution in [3.05, 3.63) is 135 Å². The van der Waals surface area contributed by atoms with Crippen molar-refractivity contribution in [3.63, 3.8) is 0 Å². The molecule has 0 unspecified atom stereocenters. The van der Waals surface area contributed by atoms with Gasteiger partial charge in [0.1, 0.15) is 17.1 Å². The molecule has 0 aliphatic carbocycles. The molecule has 11 heteroatoms. The van der Waals surface area contributed by atoms with Gasteiger partial charge >= 0.3 is 5.97 Å². The summed E-state index contributed by atoms with van der Waals surface area (Å²) in [5, 5.41) is 0.762. The number of sulfonamides is 1. The van der Waals surface area contributed by atoms with E-state index in [-0.39, 0.29) is 29.3 Å². The number of nitrogens with zero attached hydrogens (tertiary/aromatic N) is 2. The predicted molar refractivity (Wildman–Crippen MR) is 169 cm³/mol. The highest BCUT2D eigenvalue weighted by Gasteiger charge is 2.38. The standard InChI is InChI=1S/C33H28Cl2N2O6S/c1-21-9-15-28(16-10-21)44(40,41)36(19-23-11-12-24(34)17-29(23)35)20-27-14-13-26(43-27)18-30-32(38)31(33(39)42-3)22(2)37(30)25-7-5-4-6-8-25/h4-18H,19-20H2,1-3H3/b30-18+. The number of ketones is 1. The molecule has 44 heavy (non-hydrogen) atoms. The molecule has 3 aromatic carbocycles. The number of carbonyl (C=O) groups excluding carboxylic acids is 2. The van der Waals surface area contributed by atoms with Gasteiger partial charge in [0.15, 0.2) is 0 Å². The Morgan fingerprint density at radius 1 is 0.955 bits per heavy atom. The maximum Gasteiger partial charge on any atom is 0.343 e. The van der Waals surface area contributed by atoms with Crippen molar-refractivity contribution < 1.29 is 27.2 Å². The van der Waals surface area contributed by atoms with Crippen LogP contribution in [0.2, 0.25) is 10.0 Å². The molecule has 1 aromatic heterocycles. The number of rotatable bonds is 9. The molecule has 0 N–H and O–H groups in total. The number of benzene rings is 3. The summed E-state index contributed by atoms with van der Waals surface area (Å²) in [5.74, 6) is -0.639. The number of ether oxygens (including phenoxy) is 1. The van der Waals surface area contributed by atoms with E-state index in [1.54, 1.807) is 66.4 Å². The zero-order valence-corrected chi connectivity index (χ0v) is 26.4. The van der Waals surface area contributed by atoms with Gasteiger partial charge in [0.2, 0.25) is 15.8 Å². The molecular weight excluding hydrogens is 623 g/mol. The molecule has 0 atom stereocenters. The quantitative estimate of drug-likeness (QED) is 0.108. The summed E-state index contributed by atoms with van der Waals surface area (Å²) < 4.78 is 39.8. The Labute approximate surface area is 265 Å². The van der Waals surface area contributed by atoms with E-state index in [0.29, 0.717) is 38.5 Å². The summed E-state index contributed by atoms with van der Waals surface area (Å²) in [4.78, 5) is 27.7. The van der Waals surface area contributed by atoms with Crippen molar-refractivity contribution in [2.75, 3.05) is 12.0 Å². The molecule has 4 aromatic rings. The number of para-hydroxylation sites is 1. The van der Waals surface area contributed by atoms with E-state index in [4.69, 9.17) is 32.4 Å². The first-order valence-electron chi connectivity index (χ1n) is 13.5. The number of aryl methyl sites for hydroxylation is 1. The molecule has 0 radical (unpaired) electrons. The van der Waals surface area contributed by atoms with Crippen molar-refractivity contribution in [1.29, 1.82) is 0 Å². The average Bonchev–Trinajstić information content (AvgIpc) is 3.54. The van der Waals surface area contributed by atoms with Gasteiger partial charge in [0.05, 0.1) is 24.2 Å². The number of esters is 1. The van der Waals surface area contributed by atoms with Crippen molar-refractivity contribution >= 4 is 56.7 Å². The van der Waals surface area contributed by atoms with Crippen LogP contribution in [-0.2, 0) is 37.4 Å². The number of hydrogen-bond donors (Lipinski definition) is 0. The fourth-order valence-electron chi connectivity index (χ4n) is 4.86. The van der Waals surface area contributed by atoms with Gasteiger partial charge in [-0.15, -0.1) is 0 Å². The summed E-state index contributed by atoms with van der Waals surface area (Å²) in [6, 6.07) is 23.8. The molecule has 226 valence electrons. The third-order valence-electron chi connectivity index (χ3n) is 7.12. The maximum atomic E-state index is 13.8. The van der Waals surface area contributed by atoms with E-state index in [1.807, 2.05) is 37.3 Å². The molecule has 0 fully saturated rings. The van der Waals surface area contributed by atoms with Crippen molar-refractivity contribution in [2.45, 2.75) is 31.8 Å². The minimum atomic E-state index is -3.99. The number of allylic oxidation sites excluding steroid dienone is 2. The van der Waals surface area contributed by atoms with E-state index in [1.165, 1.54) is 17.5 Å². The summed E-state index contributed by atoms with van der Waals surface area (Å²) in [6.07, 6.45) is 1.52. The minimum Gasteiger partial charge on any atom is -0.465 e. The van der Waals surface area contributed by atoms with Crippen molar-refractivity contribution in [3.8, 4) is 0 Å². The molecule has 2 heterocycles. The molecule has 5 rings (SSSR count). The van der Waals surface area contributed by atoms with Gasteiger partial charge in [-0.2, -0.15) is 4.31 Å². The summed E-state index contributed by atoms with van der Waals surface area (Å²) in [7, 11) is -2.77. The lowest BCUT2D eigenvalue weighted by Gasteiger charge is -2.22. The molecule has 0 saturated heterocycles.